The molecule has 0 saturated heterocycles. The average molecular weight is 468 g/mol. The maximum atomic E-state index is 12.6. The smallest absolute Gasteiger partial charge is 0.258 e. The first kappa shape index (κ1) is 20.7. The Kier molecular flexibility index (Phi) is 6.74. The van der Waals surface area contributed by atoms with Gasteiger partial charge in [0.25, 0.3) is 11.8 Å². The van der Waals surface area contributed by atoms with Crippen LogP contribution in [0.1, 0.15) is 20.7 Å². The van der Waals surface area contributed by atoms with Gasteiger partial charge in [-0.15, -0.1) is 0 Å². The molecule has 3 rings (SSSR count). The van der Waals surface area contributed by atoms with Crippen LogP contribution in [0.5, 0.6) is 0 Å². The van der Waals surface area contributed by atoms with Gasteiger partial charge >= 0.3 is 0 Å². The summed E-state index contributed by atoms with van der Waals surface area (Å²) in [5, 5.41) is 5.76. The Labute approximate surface area is 182 Å². The number of amides is 2. The van der Waals surface area contributed by atoms with Crippen LogP contribution in [-0.2, 0) is 0 Å². The van der Waals surface area contributed by atoms with Gasteiger partial charge < -0.3 is 10.2 Å². The Balaban J connectivity index is 1.60. The summed E-state index contributed by atoms with van der Waals surface area (Å²) in [5.74, 6) is -0.423. The molecule has 0 aliphatic rings. The van der Waals surface area contributed by atoms with Crippen LogP contribution in [0.4, 0.5) is 11.4 Å². The lowest BCUT2D eigenvalue weighted by Crippen LogP contribution is -2.34. The second-order valence-corrected chi connectivity index (χ2v) is 7.52. The highest BCUT2D eigenvalue weighted by molar-refractivity contribution is 9.10. The number of para-hydroxylation sites is 1. The summed E-state index contributed by atoms with van der Waals surface area (Å²) in [6, 6.07) is 23.3. The number of hydrogen-bond donors (Lipinski definition) is 2. The van der Waals surface area contributed by atoms with E-state index in [0.717, 1.165) is 10.2 Å². The minimum Gasteiger partial charge on any atom is -0.332 e. The van der Waals surface area contributed by atoms with Gasteiger partial charge in [-0.25, -0.2) is 0 Å². The third kappa shape index (κ3) is 5.49. The Hall–Kier alpha value is -3.03. The van der Waals surface area contributed by atoms with Crippen molar-refractivity contribution < 1.29 is 9.59 Å². The standard InChI is InChI=1S/C22H18BrN3O2S/c1-26(19-8-3-2-4-9-19)21(28)15-10-12-18(13-11-15)24-22(29)25-20(27)16-6-5-7-17(23)14-16/h2-14H,1H3,(H2,24,25,27,29). The molecule has 0 unspecified atom stereocenters. The Morgan fingerprint density at radius 1 is 0.897 bits per heavy atom. The first-order chi connectivity index (χ1) is 13.9. The summed E-state index contributed by atoms with van der Waals surface area (Å²) in [5.41, 5.74) is 2.53. The zero-order valence-corrected chi connectivity index (χ0v) is 18.0. The van der Waals surface area contributed by atoms with Gasteiger partial charge in [-0.1, -0.05) is 40.2 Å². The molecule has 7 heteroatoms. The number of carbonyl (C=O) groups is 2. The van der Waals surface area contributed by atoms with Gasteiger partial charge in [0.2, 0.25) is 0 Å². The number of carbonyl (C=O) groups excluding carboxylic acids is 2. The van der Waals surface area contributed by atoms with Crippen molar-refractivity contribution in [1.29, 1.82) is 0 Å². The van der Waals surface area contributed by atoms with Crippen molar-refractivity contribution in [3.8, 4) is 0 Å². The second kappa shape index (κ2) is 9.45. The zero-order chi connectivity index (χ0) is 20.8. The van der Waals surface area contributed by atoms with Gasteiger partial charge in [0.05, 0.1) is 0 Å². The fraction of sp³-hybridized carbons (Fsp3) is 0.0455. The van der Waals surface area contributed by atoms with Crippen LogP contribution >= 0.6 is 28.1 Å². The van der Waals surface area contributed by atoms with Gasteiger partial charge in [0, 0.05) is 34.0 Å². The molecule has 0 aromatic heterocycles. The van der Waals surface area contributed by atoms with Crippen LogP contribution in [0.15, 0.2) is 83.3 Å². The molecular weight excluding hydrogens is 450 g/mol. The third-order valence-electron chi connectivity index (χ3n) is 4.15. The van der Waals surface area contributed by atoms with Gasteiger partial charge in [-0.3, -0.25) is 14.9 Å². The maximum Gasteiger partial charge on any atom is 0.258 e. The monoisotopic (exact) mass is 467 g/mol. The van der Waals surface area contributed by atoms with E-state index in [1.807, 2.05) is 36.4 Å². The van der Waals surface area contributed by atoms with Gasteiger partial charge in [-0.05, 0) is 66.8 Å². The molecule has 146 valence electrons. The highest BCUT2D eigenvalue weighted by Crippen LogP contribution is 2.17. The van der Waals surface area contributed by atoms with Crippen LogP contribution in [0.2, 0.25) is 0 Å². The van der Waals surface area contributed by atoms with E-state index in [1.54, 1.807) is 54.4 Å². The Bertz CT molecular complexity index is 1040. The summed E-state index contributed by atoms with van der Waals surface area (Å²) in [4.78, 5) is 26.5. The molecule has 0 saturated carbocycles. The summed E-state index contributed by atoms with van der Waals surface area (Å²) in [6.45, 7) is 0. The molecule has 0 aliphatic carbocycles. The zero-order valence-electron chi connectivity index (χ0n) is 15.6. The number of rotatable bonds is 4. The van der Waals surface area contributed by atoms with Crippen molar-refractivity contribution in [2.75, 3.05) is 17.3 Å². The maximum absolute atomic E-state index is 12.6. The topological polar surface area (TPSA) is 61.4 Å². The van der Waals surface area contributed by atoms with E-state index in [-0.39, 0.29) is 16.9 Å². The number of hydrogen-bond acceptors (Lipinski definition) is 3. The minimum atomic E-state index is -0.305. The van der Waals surface area contributed by atoms with Crippen molar-refractivity contribution in [2.45, 2.75) is 0 Å². The molecule has 0 aliphatic heterocycles. The molecule has 0 fully saturated rings. The summed E-state index contributed by atoms with van der Waals surface area (Å²) in [7, 11) is 1.73. The van der Waals surface area contributed by atoms with E-state index in [0.29, 0.717) is 16.8 Å². The molecule has 0 atom stereocenters. The van der Waals surface area contributed by atoms with E-state index < -0.39 is 0 Å². The van der Waals surface area contributed by atoms with Crippen molar-refractivity contribution >= 4 is 56.4 Å². The molecule has 2 amide bonds. The van der Waals surface area contributed by atoms with E-state index >= 15 is 0 Å². The minimum absolute atomic E-state index is 0.117. The van der Waals surface area contributed by atoms with Gasteiger partial charge in [0.15, 0.2) is 5.11 Å². The largest absolute Gasteiger partial charge is 0.332 e. The molecule has 3 aromatic carbocycles. The molecule has 0 spiro atoms. The van der Waals surface area contributed by atoms with Gasteiger partial charge in [-0.2, -0.15) is 0 Å². The highest BCUT2D eigenvalue weighted by atomic mass is 79.9. The molecule has 3 aromatic rings. The number of thiocarbonyl (C=S) groups is 1. The number of benzene rings is 3. The Morgan fingerprint density at radius 2 is 1.59 bits per heavy atom. The van der Waals surface area contributed by atoms with Crippen LogP contribution in [0.3, 0.4) is 0 Å². The first-order valence-corrected chi connectivity index (χ1v) is 9.95. The lowest BCUT2D eigenvalue weighted by Gasteiger charge is -2.17. The van der Waals surface area contributed by atoms with E-state index in [9.17, 15) is 9.59 Å². The SMILES string of the molecule is CN(C(=O)c1ccc(NC(=S)NC(=O)c2cccc(Br)c2)cc1)c1ccccc1. The quantitative estimate of drug-likeness (QED) is 0.538. The summed E-state index contributed by atoms with van der Waals surface area (Å²) < 4.78 is 0.810. The number of halogens is 1. The molecule has 0 bridgehead atoms. The third-order valence-corrected chi connectivity index (χ3v) is 4.85. The Morgan fingerprint density at radius 3 is 2.24 bits per heavy atom. The van der Waals surface area contributed by atoms with Crippen molar-refractivity contribution in [2.24, 2.45) is 0 Å². The predicted molar refractivity (Wildman–Crippen MR) is 123 cm³/mol. The van der Waals surface area contributed by atoms with Crippen LogP contribution in [-0.4, -0.2) is 24.0 Å². The normalized spacial score (nSPS) is 10.1. The van der Waals surface area contributed by atoms with Crippen molar-refractivity contribution in [1.82, 2.24) is 5.32 Å². The molecule has 0 heterocycles. The lowest BCUT2D eigenvalue weighted by atomic mass is 10.1. The number of nitrogens with zero attached hydrogens (tertiary/aromatic N) is 1. The van der Waals surface area contributed by atoms with Crippen LogP contribution in [0.25, 0.3) is 0 Å². The van der Waals surface area contributed by atoms with Crippen molar-refractivity contribution in [3.05, 3.63) is 94.5 Å². The summed E-state index contributed by atoms with van der Waals surface area (Å²) >= 11 is 8.54. The van der Waals surface area contributed by atoms with Gasteiger partial charge in [0.1, 0.15) is 0 Å². The molecule has 5 nitrogen and oxygen atoms in total. The predicted octanol–water partition coefficient (Wildman–Crippen LogP) is 4.85. The number of nitrogens with one attached hydrogen (secondary N) is 2. The summed E-state index contributed by atoms with van der Waals surface area (Å²) in [6.07, 6.45) is 0. The van der Waals surface area contributed by atoms with E-state index in [1.165, 1.54) is 0 Å². The van der Waals surface area contributed by atoms with Crippen LogP contribution in [0, 0.1) is 0 Å². The lowest BCUT2D eigenvalue weighted by molar-refractivity contribution is 0.0974. The highest BCUT2D eigenvalue weighted by Gasteiger charge is 2.13. The molecule has 29 heavy (non-hydrogen) atoms. The van der Waals surface area contributed by atoms with Crippen molar-refractivity contribution in [3.63, 3.8) is 0 Å². The average Bonchev–Trinajstić information content (AvgIpc) is 2.73. The first-order valence-electron chi connectivity index (χ1n) is 8.75. The fourth-order valence-electron chi connectivity index (χ4n) is 2.63. The second-order valence-electron chi connectivity index (χ2n) is 6.20. The number of anilines is 2. The molecule has 0 radical (unpaired) electrons. The molecule has 2 N–H and O–H groups in total. The van der Waals surface area contributed by atoms with E-state index in [4.69, 9.17) is 12.2 Å². The van der Waals surface area contributed by atoms with E-state index in [2.05, 4.69) is 26.6 Å². The molecular formula is C22H18BrN3O2S. The van der Waals surface area contributed by atoms with Crippen LogP contribution < -0.4 is 15.5 Å². The fourth-order valence-corrected chi connectivity index (χ4v) is 3.24.